The third-order valence-electron chi connectivity index (χ3n) is 4.08. The quantitative estimate of drug-likeness (QED) is 0.351. The Morgan fingerprint density at radius 2 is 1.96 bits per heavy atom. The van der Waals surface area contributed by atoms with E-state index in [1.165, 1.54) is 18.9 Å². The predicted octanol–water partition coefficient (Wildman–Crippen LogP) is 4.49. The minimum Gasteiger partial charge on any atom is -0.461 e. The van der Waals surface area contributed by atoms with Gasteiger partial charge in [-0.1, -0.05) is 30.5 Å². The highest BCUT2D eigenvalue weighted by molar-refractivity contribution is 5.98. The third-order valence-corrected chi connectivity index (χ3v) is 4.08. The van der Waals surface area contributed by atoms with Crippen molar-refractivity contribution in [3.05, 3.63) is 60.3 Å². The van der Waals surface area contributed by atoms with Gasteiger partial charge in [0.05, 0.1) is 5.71 Å². The van der Waals surface area contributed by atoms with Gasteiger partial charge in [0.25, 0.3) is 0 Å². The average molecular weight is 395 g/mol. The van der Waals surface area contributed by atoms with Crippen LogP contribution in [-0.4, -0.2) is 48.2 Å². The summed E-state index contributed by atoms with van der Waals surface area (Å²) in [6.07, 6.45) is 1.63. The van der Waals surface area contributed by atoms with Crippen LogP contribution in [0.25, 0.3) is 0 Å². The molecule has 1 aromatic rings. The monoisotopic (exact) mass is 395 g/mol. The van der Waals surface area contributed by atoms with E-state index >= 15 is 0 Å². The fourth-order valence-corrected chi connectivity index (χ4v) is 2.37. The Morgan fingerprint density at radius 1 is 1.25 bits per heavy atom. The van der Waals surface area contributed by atoms with Crippen molar-refractivity contribution >= 4 is 5.71 Å². The molecule has 0 aromatic carbocycles. The van der Waals surface area contributed by atoms with Crippen LogP contribution in [0.4, 0.5) is 13.2 Å². The van der Waals surface area contributed by atoms with E-state index in [-0.39, 0.29) is 6.61 Å². The van der Waals surface area contributed by atoms with Crippen molar-refractivity contribution in [2.45, 2.75) is 25.9 Å². The molecular formula is C20H24F3N3O2. The summed E-state index contributed by atoms with van der Waals surface area (Å²) >= 11 is 0. The summed E-state index contributed by atoms with van der Waals surface area (Å²) < 4.78 is 42.7. The summed E-state index contributed by atoms with van der Waals surface area (Å²) in [6, 6.07) is 3.57. The number of ether oxygens (including phenoxy) is 1. The molecule has 1 aliphatic rings. The van der Waals surface area contributed by atoms with E-state index in [4.69, 9.17) is 9.57 Å². The van der Waals surface area contributed by atoms with Gasteiger partial charge in [-0.05, 0) is 31.4 Å². The molecule has 0 amide bonds. The fraction of sp³-hybridized carbons (Fsp3) is 0.400. The molecule has 0 bridgehead atoms. The van der Waals surface area contributed by atoms with Crippen LogP contribution in [0.1, 0.15) is 25.3 Å². The number of halogens is 3. The summed E-state index contributed by atoms with van der Waals surface area (Å²) in [5, 5.41) is 3.94. The molecule has 5 nitrogen and oxygen atoms in total. The van der Waals surface area contributed by atoms with Crippen LogP contribution in [0.5, 0.6) is 5.88 Å². The second-order valence-electron chi connectivity index (χ2n) is 6.45. The van der Waals surface area contributed by atoms with Crippen LogP contribution in [0.3, 0.4) is 0 Å². The van der Waals surface area contributed by atoms with Crippen molar-refractivity contribution in [2.24, 2.45) is 5.16 Å². The van der Waals surface area contributed by atoms with Crippen LogP contribution in [-0.2, 0) is 4.84 Å². The fourth-order valence-electron chi connectivity index (χ4n) is 2.37. The highest BCUT2D eigenvalue weighted by Gasteiger charge is 2.29. The summed E-state index contributed by atoms with van der Waals surface area (Å²) in [5.74, 6) is 0.535. The zero-order valence-electron chi connectivity index (χ0n) is 15.8. The van der Waals surface area contributed by atoms with E-state index in [1.807, 2.05) is 6.07 Å². The molecule has 28 heavy (non-hydrogen) atoms. The Balaban J connectivity index is 1.78. The number of aromatic nitrogens is 1. The molecule has 1 aliphatic heterocycles. The molecule has 1 saturated heterocycles. The molecule has 8 heteroatoms. The number of nitrogens with zero attached hydrogens (tertiary/aromatic N) is 3. The lowest BCUT2D eigenvalue weighted by Crippen LogP contribution is -2.24. The molecule has 1 aromatic heterocycles. The van der Waals surface area contributed by atoms with E-state index in [0.29, 0.717) is 23.9 Å². The smallest absolute Gasteiger partial charge is 0.415 e. The topological polar surface area (TPSA) is 47.0 Å². The van der Waals surface area contributed by atoms with Gasteiger partial charge in [-0.3, -0.25) is 4.90 Å². The maximum Gasteiger partial charge on any atom is 0.415 e. The third kappa shape index (κ3) is 7.19. The molecule has 0 radical (unpaired) electrons. The Hall–Kier alpha value is -2.61. The van der Waals surface area contributed by atoms with Crippen molar-refractivity contribution < 1.29 is 22.7 Å². The second kappa shape index (κ2) is 10.1. The van der Waals surface area contributed by atoms with Gasteiger partial charge >= 0.3 is 6.18 Å². The maximum absolute atomic E-state index is 12.3. The molecule has 0 atom stereocenters. The Bertz CT molecular complexity index is 734. The molecule has 0 spiro atoms. The van der Waals surface area contributed by atoms with Gasteiger partial charge in [0, 0.05) is 36.5 Å². The van der Waals surface area contributed by atoms with E-state index in [1.54, 1.807) is 19.2 Å². The Labute approximate surface area is 162 Å². The molecule has 152 valence electrons. The highest BCUT2D eigenvalue weighted by atomic mass is 19.4. The summed E-state index contributed by atoms with van der Waals surface area (Å²) in [7, 11) is 0. The minimum absolute atomic E-state index is 0.0383. The predicted molar refractivity (Wildman–Crippen MR) is 102 cm³/mol. The van der Waals surface area contributed by atoms with Gasteiger partial charge in [0.2, 0.25) is 5.88 Å². The number of rotatable bonds is 9. The molecule has 1 fully saturated rings. The van der Waals surface area contributed by atoms with Crippen LogP contribution >= 0.6 is 0 Å². The van der Waals surface area contributed by atoms with Gasteiger partial charge in [-0.25, -0.2) is 4.98 Å². The average Bonchev–Trinajstić information content (AvgIpc) is 3.17. The molecular weight excluding hydrogens is 371 g/mol. The summed E-state index contributed by atoms with van der Waals surface area (Å²) in [5.41, 5.74) is 0.715. The number of oxime groups is 1. The molecule has 2 heterocycles. The van der Waals surface area contributed by atoms with Gasteiger partial charge in [0.15, 0.2) is 0 Å². The lowest BCUT2D eigenvalue weighted by Gasteiger charge is -2.14. The number of alkyl halides is 3. The van der Waals surface area contributed by atoms with Gasteiger partial charge in [-0.2, -0.15) is 13.2 Å². The van der Waals surface area contributed by atoms with E-state index < -0.39 is 11.7 Å². The summed E-state index contributed by atoms with van der Waals surface area (Å²) in [4.78, 5) is 11.6. The van der Waals surface area contributed by atoms with Crippen molar-refractivity contribution in [3.63, 3.8) is 0 Å². The minimum atomic E-state index is -4.45. The molecule has 0 N–H and O–H groups in total. The highest BCUT2D eigenvalue weighted by Crippen LogP contribution is 2.25. The van der Waals surface area contributed by atoms with Crippen molar-refractivity contribution in [3.8, 4) is 5.88 Å². The largest absolute Gasteiger partial charge is 0.461 e. The Morgan fingerprint density at radius 3 is 2.57 bits per heavy atom. The van der Waals surface area contributed by atoms with E-state index in [0.717, 1.165) is 24.7 Å². The zero-order valence-corrected chi connectivity index (χ0v) is 15.8. The second-order valence-corrected chi connectivity index (χ2v) is 6.45. The van der Waals surface area contributed by atoms with Gasteiger partial charge < -0.3 is 9.57 Å². The number of allylic oxidation sites excluding steroid dienone is 2. The van der Waals surface area contributed by atoms with Crippen LogP contribution in [0.15, 0.2) is 59.9 Å². The maximum atomic E-state index is 12.3. The lowest BCUT2D eigenvalue weighted by molar-refractivity contribution is -0.0878. The van der Waals surface area contributed by atoms with Gasteiger partial charge in [-0.15, -0.1) is 0 Å². The van der Waals surface area contributed by atoms with Crippen LogP contribution in [0, 0.1) is 0 Å². The van der Waals surface area contributed by atoms with Crippen LogP contribution in [0.2, 0.25) is 0 Å². The first-order valence-electron chi connectivity index (χ1n) is 8.86. The molecule has 2 rings (SSSR count). The number of hydrogen-bond acceptors (Lipinski definition) is 5. The van der Waals surface area contributed by atoms with Gasteiger partial charge in [0.1, 0.15) is 13.3 Å². The SMILES string of the molecule is C=C(/C=C\C(=C)C(F)(F)F)CO/N=C(\C)c1ccc(OCN2CCCC2)nc1. The number of pyridine rings is 1. The lowest BCUT2D eigenvalue weighted by atomic mass is 10.2. The van der Waals surface area contributed by atoms with Crippen LogP contribution < -0.4 is 4.74 Å². The first kappa shape index (κ1) is 21.7. The molecule has 0 saturated carbocycles. The normalized spacial score (nSPS) is 15.8. The van der Waals surface area contributed by atoms with E-state index in [2.05, 4.69) is 28.2 Å². The number of likely N-dealkylation sites (tertiary alicyclic amines) is 1. The standard InChI is InChI=1S/C20H24F3N3O2/c1-15(6-7-16(2)20(21,22)23)13-28-25-17(3)18-8-9-19(24-12-18)27-14-26-10-4-5-11-26/h6-9,12H,1-2,4-5,10-11,13-14H2,3H3/b7-6-,25-17+. The van der Waals surface area contributed by atoms with E-state index in [9.17, 15) is 13.2 Å². The molecule has 0 aliphatic carbocycles. The first-order valence-corrected chi connectivity index (χ1v) is 8.86. The van der Waals surface area contributed by atoms with Crippen molar-refractivity contribution in [1.82, 2.24) is 9.88 Å². The summed E-state index contributed by atoms with van der Waals surface area (Å²) in [6.45, 7) is 10.9. The zero-order chi connectivity index (χ0) is 20.6. The molecule has 0 unspecified atom stereocenters. The van der Waals surface area contributed by atoms with Crippen molar-refractivity contribution in [1.29, 1.82) is 0 Å². The first-order chi connectivity index (χ1) is 13.3. The Kier molecular flexibility index (Phi) is 7.80. The van der Waals surface area contributed by atoms with Crippen molar-refractivity contribution in [2.75, 3.05) is 26.4 Å². The number of hydrogen-bond donors (Lipinski definition) is 0.